The van der Waals surface area contributed by atoms with Crippen molar-refractivity contribution >= 4 is 17.7 Å². The summed E-state index contributed by atoms with van der Waals surface area (Å²) in [5.74, 6) is -4.45. The summed E-state index contributed by atoms with van der Waals surface area (Å²) in [5, 5.41) is 45.7. The highest BCUT2D eigenvalue weighted by atomic mass is 16.6. The van der Waals surface area contributed by atoms with Crippen LogP contribution in [0.25, 0.3) is 0 Å². The Labute approximate surface area is 226 Å². The quantitative estimate of drug-likeness (QED) is 0.319. The van der Waals surface area contributed by atoms with Crippen molar-refractivity contribution in [2.24, 2.45) is 22.7 Å². The molecule has 0 aromatic heterocycles. The molecule has 1 aliphatic heterocycles. The Morgan fingerprint density at radius 1 is 1.05 bits per heavy atom. The molecular formula is C29H36O10. The number of Topliss-reactive ketones (excluding diaryl/α,β-unsaturated/α-hetero) is 1. The molecule has 39 heavy (non-hydrogen) atoms. The van der Waals surface area contributed by atoms with Crippen molar-refractivity contribution in [1.29, 1.82) is 0 Å². The van der Waals surface area contributed by atoms with E-state index in [4.69, 9.17) is 14.2 Å². The molecule has 1 saturated heterocycles. The Balaban J connectivity index is 1.80. The van der Waals surface area contributed by atoms with Gasteiger partial charge in [-0.15, -0.1) is 0 Å². The minimum atomic E-state index is -1.78. The standard InChI is InChI=1S/C29H36O10/c1-13-18-22(34)25(35)28(5)16(31)11-17-29(12-37-17,39-14(2)30)24(28)23(19(27(18,3)4)21(33)20(13)32)38-26(36)15-9-7-6-8-10-15/h6-10,16-17,19-24,31-34H,11-12H2,1-5H3/t16-,17+,19?,20+,21+,22+,23+,24-,28+,29-/m0/s1. The molecule has 212 valence electrons. The van der Waals surface area contributed by atoms with Crippen molar-refractivity contribution in [3.63, 3.8) is 0 Å². The fourth-order valence-electron chi connectivity index (χ4n) is 7.89. The van der Waals surface area contributed by atoms with Crippen LogP contribution in [0.5, 0.6) is 0 Å². The van der Waals surface area contributed by atoms with Gasteiger partial charge < -0.3 is 34.6 Å². The van der Waals surface area contributed by atoms with E-state index < -0.39 is 82.6 Å². The first-order valence-electron chi connectivity index (χ1n) is 13.2. The number of hydrogen-bond acceptors (Lipinski definition) is 10. The maximum absolute atomic E-state index is 14.3. The van der Waals surface area contributed by atoms with Crippen molar-refractivity contribution in [2.75, 3.05) is 6.61 Å². The summed E-state index contributed by atoms with van der Waals surface area (Å²) in [6.45, 7) is 7.51. The lowest BCUT2D eigenvalue weighted by Crippen LogP contribution is -2.80. The van der Waals surface area contributed by atoms with Crippen LogP contribution in [-0.4, -0.2) is 87.0 Å². The van der Waals surface area contributed by atoms with E-state index in [9.17, 15) is 34.8 Å². The van der Waals surface area contributed by atoms with Crippen LogP contribution in [0.15, 0.2) is 41.5 Å². The van der Waals surface area contributed by atoms with Gasteiger partial charge in [0.2, 0.25) is 0 Å². The second-order valence-electron chi connectivity index (χ2n) is 12.1. The minimum Gasteiger partial charge on any atom is -0.458 e. The smallest absolute Gasteiger partial charge is 0.338 e. The van der Waals surface area contributed by atoms with E-state index in [2.05, 4.69) is 0 Å². The predicted octanol–water partition coefficient (Wildman–Crippen LogP) is 0.938. The minimum absolute atomic E-state index is 0.0602. The van der Waals surface area contributed by atoms with Crippen molar-refractivity contribution in [2.45, 2.75) is 83.3 Å². The molecule has 4 N–H and O–H groups in total. The third-order valence-corrected chi connectivity index (χ3v) is 9.77. The topological polar surface area (TPSA) is 160 Å². The number of ketones is 1. The van der Waals surface area contributed by atoms with Crippen LogP contribution in [0.2, 0.25) is 0 Å². The maximum Gasteiger partial charge on any atom is 0.338 e. The lowest BCUT2D eigenvalue weighted by Gasteiger charge is -2.66. The molecule has 2 bridgehead atoms. The van der Waals surface area contributed by atoms with E-state index in [1.807, 2.05) is 0 Å². The number of carbonyl (C=O) groups is 3. The summed E-state index contributed by atoms with van der Waals surface area (Å²) in [4.78, 5) is 40.3. The third-order valence-electron chi connectivity index (χ3n) is 9.77. The normalized spacial score (nSPS) is 42.7. The van der Waals surface area contributed by atoms with E-state index in [1.54, 1.807) is 44.2 Å². The van der Waals surface area contributed by atoms with Gasteiger partial charge in [-0.3, -0.25) is 9.59 Å². The van der Waals surface area contributed by atoms with Crippen LogP contribution < -0.4 is 0 Å². The number of hydrogen-bond donors (Lipinski definition) is 4. The van der Waals surface area contributed by atoms with Gasteiger partial charge in [0.05, 0.1) is 35.7 Å². The van der Waals surface area contributed by atoms with Gasteiger partial charge in [0.25, 0.3) is 0 Å². The van der Waals surface area contributed by atoms with Gasteiger partial charge in [0.15, 0.2) is 11.4 Å². The third kappa shape index (κ3) is 3.76. The number of esters is 2. The first kappa shape index (κ1) is 27.9. The first-order chi connectivity index (χ1) is 18.2. The molecule has 10 nitrogen and oxygen atoms in total. The molecule has 1 unspecified atom stereocenters. The number of aliphatic hydroxyl groups excluding tert-OH is 4. The zero-order valence-corrected chi connectivity index (χ0v) is 22.7. The van der Waals surface area contributed by atoms with E-state index >= 15 is 0 Å². The van der Waals surface area contributed by atoms with Crippen LogP contribution in [0, 0.1) is 22.7 Å². The monoisotopic (exact) mass is 544 g/mol. The largest absolute Gasteiger partial charge is 0.458 e. The molecule has 5 rings (SSSR count). The molecule has 3 fully saturated rings. The Morgan fingerprint density at radius 2 is 1.69 bits per heavy atom. The summed E-state index contributed by atoms with van der Waals surface area (Å²) in [7, 11) is 0. The first-order valence-corrected chi connectivity index (χ1v) is 13.2. The highest BCUT2D eigenvalue weighted by molar-refractivity contribution is 5.94. The van der Waals surface area contributed by atoms with Gasteiger partial charge in [0, 0.05) is 19.3 Å². The summed E-state index contributed by atoms with van der Waals surface area (Å²) in [6, 6.07) is 8.16. The van der Waals surface area contributed by atoms with Crippen molar-refractivity contribution < 1.29 is 49.0 Å². The van der Waals surface area contributed by atoms with Crippen molar-refractivity contribution in [3.05, 3.63) is 47.0 Å². The molecular weight excluding hydrogens is 508 g/mol. The lowest BCUT2D eigenvalue weighted by atomic mass is 9.45. The van der Waals surface area contributed by atoms with Crippen molar-refractivity contribution in [3.8, 4) is 0 Å². The Morgan fingerprint density at radius 3 is 2.26 bits per heavy atom. The second-order valence-corrected chi connectivity index (χ2v) is 12.1. The van der Waals surface area contributed by atoms with Crippen LogP contribution in [0.3, 0.4) is 0 Å². The van der Waals surface area contributed by atoms with Crippen LogP contribution in [0.1, 0.15) is 51.4 Å². The molecule has 1 aromatic carbocycles. The molecule has 0 amide bonds. The second kappa shape index (κ2) is 9.21. The number of ether oxygens (including phenoxy) is 3. The highest BCUT2D eigenvalue weighted by Gasteiger charge is 2.75. The number of benzene rings is 1. The van der Waals surface area contributed by atoms with Gasteiger partial charge in [-0.1, -0.05) is 32.0 Å². The molecule has 10 heteroatoms. The number of fused-ring (bicyclic) bond motifs is 5. The fraction of sp³-hybridized carbons (Fsp3) is 0.621. The molecule has 1 aromatic rings. The average Bonchev–Trinajstić information content (AvgIpc) is 2.87. The molecule has 10 atom stereocenters. The molecule has 0 spiro atoms. The van der Waals surface area contributed by atoms with E-state index in [0.717, 1.165) is 0 Å². The Bertz CT molecular complexity index is 1220. The molecule has 2 saturated carbocycles. The van der Waals surface area contributed by atoms with E-state index in [0.29, 0.717) is 0 Å². The van der Waals surface area contributed by atoms with Gasteiger partial charge in [0.1, 0.15) is 24.4 Å². The van der Waals surface area contributed by atoms with Gasteiger partial charge >= 0.3 is 11.9 Å². The Kier molecular flexibility index (Phi) is 6.59. The maximum atomic E-state index is 14.3. The molecule has 1 heterocycles. The molecule has 3 aliphatic carbocycles. The van der Waals surface area contributed by atoms with Crippen molar-refractivity contribution in [1.82, 2.24) is 0 Å². The number of carbonyl (C=O) groups excluding carboxylic acids is 3. The van der Waals surface area contributed by atoms with Gasteiger partial charge in [-0.25, -0.2) is 4.79 Å². The van der Waals surface area contributed by atoms with E-state index in [-0.39, 0.29) is 29.7 Å². The SMILES string of the molecule is CC(=O)O[C@@]12CO[C@@H]1C[C@H](O)[C@@]1(C)C(=O)[C@H](O)C3=C(C)[C@@H](O)[C@H](O)C([C@@H](OC(=O)c4ccccc4)[C@H]21)C3(C)C. The summed E-state index contributed by atoms with van der Waals surface area (Å²) in [5.41, 5.74) is -3.78. The Hall–Kier alpha value is -2.63. The number of rotatable bonds is 3. The summed E-state index contributed by atoms with van der Waals surface area (Å²) >= 11 is 0. The van der Waals surface area contributed by atoms with Crippen LogP contribution >= 0.6 is 0 Å². The fourth-order valence-corrected chi connectivity index (χ4v) is 7.89. The summed E-state index contributed by atoms with van der Waals surface area (Å²) < 4.78 is 17.8. The predicted molar refractivity (Wildman–Crippen MR) is 135 cm³/mol. The highest BCUT2D eigenvalue weighted by Crippen LogP contribution is 2.62. The molecule has 0 radical (unpaired) electrons. The van der Waals surface area contributed by atoms with E-state index in [1.165, 1.54) is 20.8 Å². The van der Waals surface area contributed by atoms with Gasteiger partial charge in [-0.05, 0) is 42.5 Å². The summed E-state index contributed by atoms with van der Waals surface area (Å²) in [6.07, 6.45) is -8.25. The number of aliphatic hydroxyl groups is 4. The van der Waals surface area contributed by atoms with Crippen LogP contribution in [-0.2, 0) is 23.8 Å². The lowest BCUT2D eigenvalue weighted by molar-refractivity contribution is -0.337. The molecule has 4 aliphatic rings. The zero-order valence-electron chi connectivity index (χ0n) is 22.7. The average molecular weight is 545 g/mol. The van der Waals surface area contributed by atoms with Crippen LogP contribution in [0.4, 0.5) is 0 Å². The van der Waals surface area contributed by atoms with Gasteiger partial charge in [-0.2, -0.15) is 0 Å². The zero-order chi connectivity index (χ0) is 28.7.